The summed E-state index contributed by atoms with van der Waals surface area (Å²) in [7, 11) is 4.31. The van der Waals surface area contributed by atoms with Gasteiger partial charge in [0.25, 0.3) is 6.47 Å². The molecule has 0 spiro atoms. The number of rotatable bonds is 7. The molecule has 0 fully saturated rings. The first kappa shape index (κ1) is 11.4. The number of nitrogens with zero attached hydrogens (tertiary/aromatic N) is 1. The Morgan fingerprint density at radius 1 is 1.33 bits per heavy atom. The number of unbranched alkanes of at least 4 members (excludes halogenated alkanes) is 1. The van der Waals surface area contributed by atoms with Crippen molar-refractivity contribution in [2.24, 2.45) is 0 Å². The van der Waals surface area contributed by atoms with Crippen molar-refractivity contribution >= 4 is 6.47 Å². The number of carbonyl (C=O) groups is 1. The van der Waals surface area contributed by atoms with Crippen LogP contribution in [0.15, 0.2) is 0 Å². The van der Waals surface area contributed by atoms with Crippen LogP contribution in [0.25, 0.3) is 0 Å². The van der Waals surface area contributed by atoms with Crippen LogP contribution in [-0.4, -0.2) is 44.7 Å². The molecule has 0 saturated heterocycles. The summed E-state index contributed by atoms with van der Waals surface area (Å²) in [6, 6.07) is 0. The molecule has 3 heteroatoms. The number of quaternary nitrogens is 1. The summed E-state index contributed by atoms with van der Waals surface area (Å²) >= 11 is 0. The van der Waals surface area contributed by atoms with Gasteiger partial charge in [-0.25, -0.2) is 0 Å². The largest absolute Gasteiger partial charge is 0.462 e. The maximum Gasteiger partial charge on any atom is 0.293 e. The second kappa shape index (κ2) is 6.00. The smallest absolute Gasteiger partial charge is 0.293 e. The van der Waals surface area contributed by atoms with Crippen molar-refractivity contribution in [3.8, 4) is 0 Å². The molecule has 0 aliphatic carbocycles. The third kappa shape index (κ3) is 6.16. The third-order valence-corrected chi connectivity index (χ3v) is 2.00. The van der Waals surface area contributed by atoms with Gasteiger partial charge in [0.1, 0.15) is 13.2 Å². The van der Waals surface area contributed by atoms with Gasteiger partial charge in [-0.05, 0) is 6.42 Å². The predicted molar refractivity (Wildman–Crippen MR) is 48.8 cm³/mol. The fourth-order valence-corrected chi connectivity index (χ4v) is 1.05. The van der Waals surface area contributed by atoms with Crippen molar-refractivity contribution < 1.29 is 14.0 Å². The number of likely N-dealkylation sites (N-methyl/N-ethyl adjacent to an activating group) is 1. The fraction of sp³-hybridized carbons (Fsp3) is 0.889. The van der Waals surface area contributed by atoms with Crippen molar-refractivity contribution in [3.63, 3.8) is 0 Å². The van der Waals surface area contributed by atoms with Gasteiger partial charge in [-0.2, -0.15) is 0 Å². The number of hydrogen-bond acceptors (Lipinski definition) is 2. The Labute approximate surface area is 74.9 Å². The average Bonchev–Trinajstić information content (AvgIpc) is 2.01. The van der Waals surface area contributed by atoms with Crippen LogP contribution in [-0.2, 0) is 9.53 Å². The molecule has 0 aromatic rings. The maximum atomic E-state index is 9.88. The lowest BCUT2D eigenvalue weighted by Crippen LogP contribution is -2.42. The summed E-state index contributed by atoms with van der Waals surface area (Å²) in [6.07, 6.45) is 2.45. The molecule has 0 saturated carbocycles. The highest BCUT2D eigenvalue weighted by molar-refractivity contribution is 5.36. The van der Waals surface area contributed by atoms with Gasteiger partial charge < -0.3 is 9.22 Å². The Bertz CT molecular complexity index is 124. The molecule has 0 radical (unpaired) electrons. The Kier molecular flexibility index (Phi) is 5.72. The van der Waals surface area contributed by atoms with E-state index in [-0.39, 0.29) is 0 Å². The molecule has 0 aliphatic rings. The van der Waals surface area contributed by atoms with Crippen molar-refractivity contribution in [2.75, 3.05) is 33.8 Å². The molecule has 0 aliphatic heterocycles. The molecule has 0 N–H and O–H groups in total. The van der Waals surface area contributed by atoms with Crippen LogP contribution in [0.5, 0.6) is 0 Å². The lowest BCUT2D eigenvalue weighted by molar-refractivity contribution is -0.890. The SMILES string of the molecule is CCCC[N+](C)(C)CCOC=O. The Balaban J connectivity index is 3.48. The van der Waals surface area contributed by atoms with Crippen LogP contribution >= 0.6 is 0 Å². The van der Waals surface area contributed by atoms with Gasteiger partial charge in [-0.15, -0.1) is 0 Å². The van der Waals surface area contributed by atoms with Crippen LogP contribution in [0, 0.1) is 0 Å². The van der Waals surface area contributed by atoms with Gasteiger partial charge in [0.2, 0.25) is 0 Å². The monoisotopic (exact) mass is 174 g/mol. The quantitative estimate of drug-likeness (QED) is 0.327. The molecule has 0 aromatic carbocycles. The topological polar surface area (TPSA) is 26.3 Å². The zero-order valence-corrected chi connectivity index (χ0v) is 8.38. The maximum absolute atomic E-state index is 9.88. The minimum Gasteiger partial charge on any atom is -0.462 e. The molecule has 0 amide bonds. The molecule has 12 heavy (non-hydrogen) atoms. The molecule has 0 bridgehead atoms. The van der Waals surface area contributed by atoms with Crippen LogP contribution in [0.3, 0.4) is 0 Å². The normalized spacial score (nSPS) is 11.2. The summed E-state index contributed by atoms with van der Waals surface area (Å²) < 4.78 is 5.59. The standard InChI is InChI=1S/C9H20NO2/c1-4-5-6-10(2,3)7-8-12-9-11/h9H,4-8H2,1-3H3/q+1. The van der Waals surface area contributed by atoms with Gasteiger partial charge >= 0.3 is 0 Å². The minimum absolute atomic E-state index is 0.514. The first-order valence-electron chi connectivity index (χ1n) is 4.49. The fourth-order valence-electron chi connectivity index (χ4n) is 1.05. The van der Waals surface area contributed by atoms with Crippen molar-refractivity contribution in [3.05, 3.63) is 0 Å². The molecular formula is C9H20NO2+. The number of hydrogen-bond donors (Lipinski definition) is 0. The Morgan fingerprint density at radius 2 is 2.00 bits per heavy atom. The summed E-state index contributed by atoms with van der Waals surface area (Å²) in [5.41, 5.74) is 0. The molecule has 0 rings (SSSR count). The van der Waals surface area contributed by atoms with E-state index in [2.05, 4.69) is 25.8 Å². The van der Waals surface area contributed by atoms with Crippen molar-refractivity contribution in [1.82, 2.24) is 0 Å². The molecule has 0 unspecified atom stereocenters. The highest BCUT2D eigenvalue weighted by Gasteiger charge is 2.13. The van der Waals surface area contributed by atoms with Crippen LogP contribution in [0.4, 0.5) is 0 Å². The third-order valence-electron chi connectivity index (χ3n) is 2.00. The van der Waals surface area contributed by atoms with E-state index in [0.29, 0.717) is 13.1 Å². The highest BCUT2D eigenvalue weighted by atomic mass is 16.5. The highest BCUT2D eigenvalue weighted by Crippen LogP contribution is 2.00. The molecule has 72 valence electrons. The second-order valence-corrected chi connectivity index (χ2v) is 3.70. The zero-order chi connectivity index (χ0) is 9.45. The predicted octanol–water partition coefficient (Wildman–Crippen LogP) is 1.04. The van der Waals surface area contributed by atoms with E-state index in [1.807, 2.05) is 0 Å². The van der Waals surface area contributed by atoms with E-state index < -0.39 is 0 Å². The Morgan fingerprint density at radius 3 is 2.50 bits per heavy atom. The lowest BCUT2D eigenvalue weighted by Gasteiger charge is -2.29. The summed E-state index contributed by atoms with van der Waals surface area (Å²) in [4.78, 5) is 9.88. The molecular weight excluding hydrogens is 154 g/mol. The molecule has 3 nitrogen and oxygen atoms in total. The van der Waals surface area contributed by atoms with Gasteiger partial charge in [-0.3, -0.25) is 4.79 Å². The van der Waals surface area contributed by atoms with Crippen molar-refractivity contribution in [2.45, 2.75) is 19.8 Å². The van der Waals surface area contributed by atoms with E-state index >= 15 is 0 Å². The van der Waals surface area contributed by atoms with Crippen LogP contribution in [0.1, 0.15) is 19.8 Å². The summed E-state index contributed by atoms with van der Waals surface area (Å²) in [5, 5.41) is 0. The second-order valence-electron chi connectivity index (χ2n) is 3.70. The van der Waals surface area contributed by atoms with Crippen LogP contribution in [0.2, 0.25) is 0 Å². The van der Waals surface area contributed by atoms with Crippen molar-refractivity contribution in [1.29, 1.82) is 0 Å². The lowest BCUT2D eigenvalue weighted by atomic mass is 10.3. The van der Waals surface area contributed by atoms with E-state index in [9.17, 15) is 4.79 Å². The van der Waals surface area contributed by atoms with Gasteiger partial charge in [0, 0.05) is 0 Å². The number of carbonyl (C=O) groups excluding carboxylic acids is 1. The van der Waals surface area contributed by atoms with E-state index in [1.54, 1.807) is 0 Å². The summed E-state index contributed by atoms with van der Waals surface area (Å²) in [5.74, 6) is 0. The van der Waals surface area contributed by atoms with Gasteiger partial charge in [0.05, 0.1) is 20.6 Å². The summed E-state index contributed by atoms with van der Waals surface area (Å²) in [6.45, 7) is 5.28. The van der Waals surface area contributed by atoms with Gasteiger partial charge in [-0.1, -0.05) is 13.3 Å². The molecule has 0 heterocycles. The zero-order valence-electron chi connectivity index (χ0n) is 8.38. The van der Waals surface area contributed by atoms with E-state index in [4.69, 9.17) is 0 Å². The first-order chi connectivity index (χ1) is 5.62. The first-order valence-corrected chi connectivity index (χ1v) is 4.49. The Hall–Kier alpha value is -0.570. The van der Waals surface area contributed by atoms with E-state index in [1.165, 1.54) is 12.8 Å². The average molecular weight is 174 g/mol. The molecule has 0 aromatic heterocycles. The number of ether oxygens (including phenoxy) is 1. The van der Waals surface area contributed by atoms with Gasteiger partial charge in [0.15, 0.2) is 0 Å². The minimum atomic E-state index is 0.514. The van der Waals surface area contributed by atoms with E-state index in [0.717, 1.165) is 17.6 Å². The molecule has 0 atom stereocenters. The van der Waals surface area contributed by atoms with Crippen LogP contribution < -0.4 is 0 Å².